The zero-order chi connectivity index (χ0) is 26.3. The van der Waals surface area contributed by atoms with E-state index in [0.717, 1.165) is 41.8 Å². The van der Waals surface area contributed by atoms with E-state index < -0.39 is 11.7 Å². The van der Waals surface area contributed by atoms with E-state index in [9.17, 15) is 18.0 Å². The molecule has 3 aromatic rings. The molecule has 0 spiro atoms. The summed E-state index contributed by atoms with van der Waals surface area (Å²) >= 11 is 1.38. The predicted molar refractivity (Wildman–Crippen MR) is 137 cm³/mol. The highest BCUT2D eigenvalue weighted by Crippen LogP contribution is 2.30. The van der Waals surface area contributed by atoms with Crippen molar-refractivity contribution in [2.45, 2.75) is 32.7 Å². The van der Waals surface area contributed by atoms with E-state index in [1.54, 1.807) is 11.4 Å². The molecule has 0 atom stereocenters. The summed E-state index contributed by atoms with van der Waals surface area (Å²) in [5, 5.41) is 5.38. The first-order chi connectivity index (χ1) is 17.8. The smallest absolute Gasteiger partial charge is 0.379 e. The molecule has 2 aromatic carbocycles. The zero-order valence-corrected chi connectivity index (χ0v) is 21.6. The number of hydrogen-bond donors (Lipinski definition) is 1. The third-order valence-corrected chi connectivity index (χ3v) is 6.98. The molecule has 0 aliphatic carbocycles. The molecule has 0 unspecified atom stereocenters. The van der Waals surface area contributed by atoms with Gasteiger partial charge in [-0.25, -0.2) is 4.98 Å². The Kier molecular flexibility index (Phi) is 9.31. The molecule has 1 amide bonds. The Morgan fingerprint density at radius 3 is 2.54 bits per heavy atom. The number of aromatic nitrogens is 1. The van der Waals surface area contributed by atoms with Gasteiger partial charge in [-0.15, -0.1) is 11.3 Å². The van der Waals surface area contributed by atoms with E-state index in [1.807, 2.05) is 36.1 Å². The Morgan fingerprint density at radius 2 is 1.81 bits per heavy atom. The third-order valence-electron chi connectivity index (χ3n) is 6.15. The van der Waals surface area contributed by atoms with Gasteiger partial charge in [-0.2, -0.15) is 13.2 Å². The van der Waals surface area contributed by atoms with Crippen LogP contribution in [0.2, 0.25) is 0 Å². The van der Waals surface area contributed by atoms with Crippen molar-refractivity contribution in [1.29, 1.82) is 0 Å². The predicted octanol–water partition coefficient (Wildman–Crippen LogP) is 4.73. The molecule has 1 saturated heterocycles. The van der Waals surface area contributed by atoms with Crippen molar-refractivity contribution in [3.8, 4) is 0 Å². The summed E-state index contributed by atoms with van der Waals surface area (Å²) in [5.41, 5.74) is 2.45. The molecule has 6 nitrogen and oxygen atoms in total. The van der Waals surface area contributed by atoms with Crippen LogP contribution in [0, 0.1) is 6.92 Å². The van der Waals surface area contributed by atoms with E-state index in [-0.39, 0.29) is 5.91 Å². The minimum absolute atomic E-state index is 0.223. The fourth-order valence-corrected chi connectivity index (χ4v) is 4.96. The molecule has 1 aliphatic rings. The molecule has 2 heterocycles. The largest absolute Gasteiger partial charge is 0.416 e. The molecule has 4 rings (SSSR count). The first kappa shape index (κ1) is 27.3. The van der Waals surface area contributed by atoms with Crippen molar-refractivity contribution in [2.24, 2.45) is 0 Å². The van der Waals surface area contributed by atoms with Gasteiger partial charge >= 0.3 is 6.18 Å². The number of amides is 1. The van der Waals surface area contributed by atoms with Gasteiger partial charge in [0.1, 0.15) is 10.7 Å². The molecule has 198 valence electrons. The highest BCUT2D eigenvalue weighted by Gasteiger charge is 2.30. The molecular weight excluding hydrogens is 501 g/mol. The van der Waals surface area contributed by atoms with Crippen LogP contribution in [-0.4, -0.2) is 60.1 Å². The quantitative estimate of drug-likeness (QED) is 0.409. The maximum Gasteiger partial charge on any atom is 0.416 e. The molecule has 1 fully saturated rings. The molecular formula is C27H31F3N4O2S. The second-order valence-corrected chi connectivity index (χ2v) is 10.1. The van der Waals surface area contributed by atoms with Crippen molar-refractivity contribution in [3.63, 3.8) is 0 Å². The Hall–Kier alpha value is -2.79. The Bertz CT molecular complexity index is 1160. The summed E-state index contributed by atoms with van der Waals surface area (Å²) in [4.78, 5) is 21.4. The van der Waals surface area contributed by atoms with Crippen molar-refractivity contribution in [2.75, 3.05) is 39.4 Å². The lowest BCUT2D eigenvalue weighted by Crippen LogP contribution is -2.41. The fourth-order valence-electron chi connectivity index (χ4n) is 4.15. The summed E-state index contributed by atoms with van der Waals surface area (Å²) in [7, 11) is 0. The average molecular weight is 533 g/mol. The van der Waals surface area contributed by atoms with Crippen LogP contribution >= 0.6 is 11.3 Å². The number of ether oxygens (including phenoxy) is 1. The monoisotopic (exact) mass is 532 g/mol. The van der Waals surface area contributed by atoms with Gasteiger partial charge in [-0.3, -0.25) is 14.6 Å². The number of rotatable bonds is 10. The number of halogens is 3. The molecule has 0 saturated carbocycles. The van der Waals surface area contributed by atoms with Crippen LogP contribution < -0.4 is 5.32 Å². The normalized spacial score (nSPS) is 14.7. The molecule has 37 heavy (non-hydrogen) atoms. The first-order valence-corrected chi connectivity index (χ1v) is 13.1. The van der Waals surface area contributed by atoms with E-state index in [4.69, 9.17) is 4.74 Å². The standard InChI is InChI=1S/C27H31F3N4O2S/c1-20-5-7-21(8-6-20)16-34(17-22-3-2-4-23(15-22)27(28,29)30)18-25-32-24(19-37-25)26(35)31-9-10-33-11-13-36-14-12-33/h2-8,15,19H,9-14,16-18H2,1H3,(H,31,35). The van der Waals surface area contributed by atoms with Gasteiger partial charge in [0.2, 0.25) is 0 Å². The second kappa shape index (κ2) is 12.6. The maximum absolute atomic E-state index is 13.2. The SMILES string of the molecule is Cc1ccc(CN(Cc2cccc(C(F)(F)F)c2)Cc2nc(C(=O)NCCN3CCOCC3)cs2)cc1. The fraction of sp³-hybridized carbons (Fsp3) is 0.407. The molecule has 0 radical (unpaired) electrons. The van der Waals surface area contributed by atoms with Crippen LogP contribution in [0.3, 0.4) is 0 Å². The third kappa shape index (κ3) is 8.36. The number of hydrogen-bond acceptors (Lipinski definition) is 6. The number of aryl methyl sites for hydroxylation is 1. The highest BCUT2D eigenvalue weighted by atomic mass is 32.1. The molecule has 1 aromatic heterocycles. The van der Waals surface area contributed by atoms with Gasteiger partial charge in [0.15, 0.2) is 0 Å². The number of alkyl halides is 3. The van der Waals surface area contributed by atoms with Crippen molar-refractivity contribution >= 4 is 17.2 Å². The van der Waals surface area contributed by atoms with Gasteiger partial charge in [-0.05, 0) is 24.1 Å². The topological polar surface area (TPSA) is 57.7 Å². The van der Waals surface area contributed by atoms with E-state index in [2.05, 4.69) is 15.2 Å². The number of morpholine rings is 1. The van der Waals surface area contributed by atoms with Crippen molar-refractivity contribution < 1.29 is 22.7 Å². The highest BCUT2D eigenvalue weighted by molar-refractivity contribution is 7.09. The second-order valence-electron chi connectivity index (χ2n) is 9.17. The van der Waals surface area contributed by atoms with Crippen LogP contribution in [0.4, 0.5) is 13.2 Å². The lowest BCUT2D eigenvalue weighted by Gasteiger charge is -2.26. The Morgan fingerprint density at radius 1 is 1.08 bits per heavy atom. The molecule has 10 heteroatoms. The van der Waals surface area contributed by atoms with Crippen LogP contribution in [0.1, 0.15) is 37.7 Å². The van der Waals surface area contributed by atoms with Gasteiger partial charge in [0, 0.05) is 44.6 Å². The van der Waals surface area contributed by atoms with Crippen LogP contribution in [0.5, 0.6) is 0 Å². The molecule has 1 aliphatic heterocycles. The summed E-state index contributed by atoms with van der Waals surface area (Å²) in [6.07, 6.45) is -4.39. The van der Waals surface area contributed by atoms with Crippen molar-refractivity contribution in [3.05, 3.63) is 86.9 Å². The minimum atomic E-state index is -4.39. The number of carbonyl (C=O) groups excluding carboxylic acids is 1. The Labute approximate surface area is 219 Å². The first-order valence-electron chi connectivity index (χ1n) is 12.2. The minimum Gasteiger partial charge on any atom is -0.379 e. The van der Waals surface area contributed by atoms with Crippen LogP contribution in [0.25, 0.3) is 0 Å². The lowest BCUT2D eigenvalue weighted by molar-refractivity contribution is -0.137. The maximum atomic E-state index is 13.2. The molecule has 0 bridgehead atoms. The zero-order valence-electron chi connectivity index (χ0n) is 20.8. The summed E-state index contributed by atoms with van der Waals surface area (Å²) in [5.74, 6) is -0.223. The van der Waals surface area contributed by atoms with Crippen LogP contribution in [0.15, 0.2) is 53.9 Å². The lowest BCUT2D eigenvalue weighted by atomic mass is 10.1. The van der Waals surface area contributed by atoms with Crippen LogP contribution in [-0.2, 0) is 30.5 Å². The number of nitrogens with one attached hydrogen (secondary N) is 1. The summed E-state index contributed by atoms with van der Waals surface area (Å²) in [6, 6.07) is 13.5. The average Bonchev–Trinajstić information content (AvgIpc) is 3.34. The molecule has 1 N–H and O–H groups in total. The number of thiazole rings is 1. The number of nitrogens with zero attached hydrogens (tertiary/aromatic N) is 3. The van der Waals surface area contributed by atoms with Gasteiger partial charge in [0.25, 0.3) is 5.91 Å². The number of benzene rings is 2. The van der Waals surface area contributed by atoms with Gasteiger partial charge < -0.3 is 10.1 Å². The van der Waals surface area contributed by atoms with Crippen molar-refractivity contribution in [1.82, 2.24) is 20.1 Å². The Balaban J connectivity index is 1.41. The van der Waals surface area contributed by atoms with Gasteiger partial charge in [0.05, 0.1) is 25.3 Å². The summed E-state index contributed by atoms with van der Waals surface area (Å²) < 4.78 is 45.1. The summed E-state index contributed by atoms with van der Waals surface area (Å²) in [6.45, 7) is 7.71. The van der Waals surface area contributed by atoms with E-state index in [1.165, 1.54) is 23.5 Å². The number of carbonyl (C=O) groups is 1. The van der Waals surface area contributed by atoms with E-state index in [0.29, 0.717) is 50.7 Å². The van der Waals surface area contributed by atoms with E-state index >= 15 is 0 Å². The van der Waals surface area contributed by atoms with Gasteiger partial charge in [-0.1, -0.05) is 48.0 Å².